The topological polar surface area (TPSA) is 46.6 Å². The Balaban J connectivity index is 2.44. The molecule has 0 aliphatic carbocycles. The van der Waals surface area contributed by atoms with Crippen LogP contribution in [-0.4, -0.2) is 38.0 Å². The SMILES string of the molecule is Cc1ccc(C)c(S(=O)(=O)N2CC(C)OCC2C)c1. The molecule has 0 aromatic heterocycles. The van der Waals surface area contributed by atoms with Crippen molar-refractivity contribution >= 4 is 10.0 Å². The summed E-state index contributed by atoms with van der Waals surface area (Å²) in [5.74, 6) is 0. The Kier molecular flexibility index (Phi) is 3.99. The molecule has 0 radical (unpaired) electrons. The maximum absolute atomic E-state index is 12.8. The van der Waals surface area contributed by atoms with Crippen molar-refractivity contribution < 1.29 is 13.2 Å². The number of hydrogen-bond donors (Lipinski definition) is 0. The van der Waals surface area contributed by atoms with Crippen molar-refractivity contribution in [1.82, 2.24) is 4.31 Å². The van der Waals surface area contributed by atoms with Crippen LogP contribution in [0.4, 0.5) is 0 Å². The van der Waals surface area contributed by atoms with E-state index in [2.05, 4.69) is 0 Å². The van der Waals surface area contributed by atoms with Gasteiger partial charge in [-0.2, -0.15) is 4.31 Å². The smallest absolute Gasteiger partial charge is 0.243 e. The van der Waals surface area contributed by atoms with E-state index >= 15 is 0 Å². The van der Waals surface area contributed by atoms with Gasteiger partial charge in [0.2, 0.25) is 10.0 Å². The molecule has 19 heavy (non-hydrogen) atoms. The Hall–Kier alpha value is -0.910. The highest BCUT2D eigenvalue weighted by Gasteiger charge is 2.34. The number of morpholine rings is 1. The van der Waals surface area contributed by atoms with Gasteiger partial charge in [-0.05, 0) is 44.9 Å². The summed E-state index contributed by atoms with van der Waals surface area (Å²) >= 11 is 0. The first-order valence-electron chi connectivity index (χ1n) is 6.53. The monoisotopic (exact) mass is 283 g/mol. The average molecular weight is 283 g/mol. The fourth-order valence-corrected chi connectivity index (χ4v) is 4.32. The van der Waals surface area contributed by atoms with E-state index in [0.29, 0.717) is 18.0 Å². The van der Waals surface area contributed by atoms with Crippen molar-refractivity contribution in [3.05, 3.63) is 29.3 Å². The molecule has 0 spiro atoms. The van der Waals surface area contributed by atoms with Gasteiger partial charge in [0, 0.05) is 12.6 Å². The maximum Gasteiger partial charge on any atom is 0.243 e. The van der Waals surface area contributed by atoms with Gasteiger partial charge in [-0.3, -0.25) is 0 Å². The van der Waals surface area contributed by atoms with Crippen LogP contribution in [0.2, 0.25) is 0 Å². The number of benzene rings is 1. The highest BCUT2D eigenvalue weighted by atomic mass is 32.2. The molecule has 0 bridgehead atoms. The lowest BCUT2D eigenvalue weighted by molar-refractivity contribution is -0.0170. The van der Waals surface area contributed by atoms with Crippen LogP contribution in [0.5, 0.6) is 0 Å². The number of hydrogen-bond acceptors (Lipinski definition) is 3. The van der Waals surface area contributed by atoms with Gasteiger partial charge in [0.25, 0.3) is 0 Å². The fourth-order valence-electron chi connectivity index (χ4n) is 2.32. The van der Waals surface area contributed by atoms with E-state index in [9.17, 15) is 8.42 Å². The summed E-state index contributed by atoms with van der Waals surface area (Å²) in [7, 11) is -3.44. The van der Waals surface area contributed by atoms with Crippen molar-refractivity contribution in [2.75, 3.05) is 13.2 Å². The van der Waals surface area contributed by atoms with Crippen LogP contribution in [0.1, 0.15) is 25.0 Å². The number of ether oxygens (including phenoxy) is 1. The first-order valence-corrected chi connectivity index (χ1v) is 7.97. The first kappa shape index (κ1) is 14.5. The third-order valence-electron chi connectivity index (χ3n) is 3.48. The standard InChI is InChI=1S/C14H21NO3S/c1-10-5-6-11(2)14(7-10)19(16,17)15-8-13(4)18-9-12(15)3/h5-7,12-13H,8-9H2,1-4H3. The quantitative estimate of drug-likeness (QED) is 0.835. The van der Waals surface area contributed by atoms with Crippen molar-refractivity contribution in [3.63, 3.8) is 0 Å². The molecule has 1 aliphatic heterocycles. The molecular weight excluding hydrogens is 262 g/mol. The summed E-state index contributed by atoms with van der Waals surface area (Å²) in [5, 5.41) is 0. The van der Waals surface area contributed by atoms with Crippen molar-refractivity contribution in [2.45, 2.75) is 44.7 Å². The van der Waals surface area contributed by atoms with Gasteiger partial charge < -0.3 is 4.74 Å². The maximum atomic E-state index is 12.8. The second-order valence-corrected chi connectivity index (χ2v) is 7.20. The van der Waals surface area contributed by atoms with Crippen LogP contribution in [-0.2, 0) is 14.8 Å². The third-order valence-corrected chi connectivity index (χ3v) is 5.60. The second-order valence-electron chi connectivity index (χ2n) is 5.34. The second kappa shape index (κ2) is 5.23. The predicted molar refractivity (Wildman–Crippen MR) is 74.7 cm³/mol. The number of rotatable bonds is 2. The molecule has 2 rings (SSSR count). The zero-order valence-corrected chi connectivity index (χ0v) is 12.7. The van der Waals surface area contributed by atoms with Crippen LogP contribution in [0.3, 0.4) is 0 Å². The summed E-state index contributed by atoms with van der Waals surface area (Å²) in [4.78, 5) is 0.411. The molecule has 1 aromatic carbocycles. The molecule has 5 heteroatoms. The molecule has 1 aromatic rings. The summed E-state index contributed by atoms with van der Waals surface area (Å²) in [6.45, 7) is 8.39. The Morgan fingerprint density at radius 1 is 1.26 bits per heavy atom. The molecule has 1 fully saturated rings. The third kappa shape index (κ3) is 2.83. The minimum absolute atomic E-state index is 0.0592. The summed E-state index contributed by atoms with van der Waals surface area (Å²) in [6.07, 6.45) is -0.0592. The highest BCUT2D eigenvalue weighted by Crippen LogP contribution is 2.25. The van der Waals surface area contributed by atoms with Crippen LogP contribution < -0.4 is 0 Å². The molecule has 4 nitrogen and oxygen atoms in total. The molecule has 2 atom stereocenters. The zero-order chi connectivity index (χ0) is 14.2. The van der Waals surface area contributed by atoms with Gasteiger partial charge >= 0.3 is 0 Å². The van der Waals surface area contributed by atoms with Gasteiger partial charge in [0.15, 0.2) is 0 Å². The van der Waals surface area contributed by atoms with Gasteiger partial charge in [-0.25, -0.2) is 8.42 Å². The van der Waals surface area contributed by atoms with Crippen molar-refractivity contribution in [1.29, 1.82) is 0 Å². The summed E-state index contributed by atoms with van der Waals surface area (Å²) < 4.78 is 32.6. The van der Waals surface area contributed by atoms with Crippen LogP contribution in [0.25, 0.3) is 0 Å². The van der Waals surface area contributed by atoms with E-state index in [0.717, 1.165) is 11.1 Å². The van der Waals surface area contributed by atoms with Crippen molar-refractivity contribution in [3.8, 4) is 0 Å². The normalized spacial score (nSPS) is 25.5. The Labute approximate surface area is 115 Å². The summed E-state index contributed by atoms with van der Waals surface area (Å²) in [6, 6.07) is 5.41. The van der Waals surface area contributed by atoms with E-state index < -0.39 is 10.0 Å². The molecular formula is C14H21NO3S. The summed E-state index contributed by atoms with van der Waals surface area (Å²) in [5.41, 5.74) is 1.75. The molecule has 1 heterocycles. The molecule has 0 amide bonds. The lowest BCUT2D eigenvalue weighted by atomic mass is 10.2. The van der Waals surface area contributed by atoms with E-state index in [-0.39, 0.29) is 12.1 Å². The molecule has 0 saturated carbocycles. The molecule has 0 N–H and O–H groups in total. The highest BCUT2D eigenvalue weighted by molar-refractivity contribution is 7.89. The van der Waals surface area contributed by atoms with Gasteiger partial charge in [-0.15, -0.1) is 0 Å². The van der Waals surface area contributed by atoms with Crippen molar-refractivity contribution in [2.24, 2.45) is 0 Å². The predicted octanol–water partition coefficient (Wildman–Crippen LogP) is 2.10. The minimum atomic E-state index is -3.44. The Morgan fingerprint density at radius 2 is 1.95 bits per heavy atom. The Bertz CT molecular complexity index is 568. The van der Waals surface area contributed by atoms with Crippen LogP contribution >= 0.6 is 0 Å². The molecule has 1 aliphatic rings. The van der Waals surface area contributed by atoms with E-state index in [1.807, 2.05) is 39.8 Å². The van der Waals surface area contributed by atoms with E-state index in [1.54, 1.807) is 10.4 Å². The lowest BCUT2D eigenvalue weighted by Gasteiger charge is -2.36. The minimum Gasteiger partial charge on any atom is -0.375 e. The average Bonchev–Trinajstić information content (AvgIpc) is 2.35. The lowest BCUT2D eigenvalue weighted by Crippen LogP contribution is -2.50. The number of aryl methyl sites for hydroxylation is 2. The molecule has 2 unspecified atom stereocenters. The van der Waals surface area contributed by atoms with Gasteiger partial charge in [0.05, 0.1) is 17.6 Å². The number of nitrogens with zero attached hydrogens (tertiary/aromatic N) is 1. The van der Waals surface area contributed by atoms with Gasteiger partial charge in [0.1, 0.15) is 0 Å². The fraction of sp³-hybridized carbons (Fsp3) is 0.571. The van der Waals surface area contributed by atoms with E-state index in [4.69, 9.17) is 4.74 Å². The van der Waals surface area contributed by atoms with Gasteiger partial charge in [-0.1, -0.05) is 12.1 Å². The largest absolute Gasteiger partial charge is 0.375 e. The molecule has 106 valence electrons. The zero-order valence-electron chi connectivity index (χ0n) is 11.9. The molecule has 1 saturated heterocycles. The number of sulfonamides is 1. The Morgan fingerprint density at radius 3 is 2.63 bits per heavy atom. The van der Waals surface area contributed by atoms with Crippen LogP contribution in [0.15, 0.2) is 23.1 Å². The van der Waals surface area contributed by atoms with Crippen LogP contribution in [0, 0.1) is 13.8 Å². The van der Waals surface area contributed by atoms with E-state index in [1.165, 1.54) is 0 Å². The first-order chi connectivity index (χ1) is 8.82.